The standard InChI is InChI=1S/C14H13BrFN3O2/c1-8-17-14(21-18-8)12-4-5-13(20)19(12)7-9-2-3-10(15)6-11(9)16/h2-3,6,12H,4-5,7H2,1H3. The molecule has 2 aromatic rings. The number of carbonyl (C=O) groups excluding carboxylic acids is 1. The number of nitrogens with zero attached hydrogens (tertiary/aromatic N) is 3. The molecule has 1 aromatic heterocycles. The Hall–Kier alpha value is -1.76. The molecular weight excluding hydrogens is 341 g/mol. The van der Waals surface area contributed by atoms with Gasteiger partial charge in [-0.1, -0.05) is 27.2 Å². The van der Waals surface area contributed by atoms with E-state index in [2.05, 4.69) is 26.1 Å². The van der Waals surface area contributed by atoms with Crippen LogP contribution in [0.3, 0.4) is 0 Å². The Morgan fingerprint density at radius 3 is 3.00 bits per heavy atom. The number of hydrogen-bond donors (Lipinski definition) is 0. The van der Waals surface area contributed by atoms with Crippen molar-refractivity contribution < 1.29 is 13.7 Å². The highest BCUT2D eigenvalue weighted by Gasteiger charge is 2.36. The molecule has 0 N–H and O–H groups in total. The molecule has 3 rings (SSSR count). The minimum Gasteiger partial charge on any atom is -0.337 e. The number of aryl methyl sites for hydroxylation is 1. The third-order valence-corrected chi connectivity index (χ3v) is 4.01. The molecule has 0 saturated carbocycles. The smallest absolute Gasteiger partial charge is 0.249 e. The summed E-state index contributed by atoms with van der Waals surface area (Å²) < 4.78 is 19.8. The molecule has 0 spiro atoms. The van der Waals surface area contributed by atoms with Crippen LogP contribution in [0.1, 0.15) is 36.2 Å². The Morgan fingerprint density at radius 1 is 1.52 bits per heavy atom. The lowest BCUT2D eigenvalue weighted by molar-refractivity contribution is -0.130. The Balaban J connectivity index is 1.86. The van der Waals surface area contributed by atoms with Gasteiger partial charge in [-0.2, -0.15) is 4.98 Å². The van der Waals surface area contributed by atoms with Gasteiger partial charge in [0.1, 0.15) is 11.9 Å². The van der Waals surface area contributed by atoms with E-state index in [4.69, 9.17) is 4.52 Å². The Labute approximate surface area is 129 Å². The fraction of sp³-hybridized carbons (Fsp3) is 0.357. The van der Waals surface area contributed by atoms with Gasteiger partial charge in [0.15, 0.2) is 5.82 Å². The fourth-order valence-electron chi connectivity index (χ4n) is 2.47. The molecule has 5 nitrogen and oxygen atoms in total. The highest BCUT2D eigenvalue weighted by Crippen LogP contribution is 2.33. The molecule has 21 heavy (non-hydrogen) atoms. The molecule has 7 heteroatoms. The molecule has 1 fully saturated rings. The lowest BCUT2D eigenvalue weighted by Gasteiger charge is -2.22. The monoisotopic (exact) mass is 353 g/mol. The van der Waals surface area contributed by atoms with Crippen molar-refractivity contribution >= 4 is 21.8 Å². The summed E-state index contributed by atoms with van der Waals surface area (Å²) in [6, 6.07) is 4.54. The molecule has 0 aliphatic carbocycles. The first kappa shape index (κ1) is 14.2. The highest BCUT2D eigenvalue weighted by atomic mass is 79.9. The minimum atomic E-state index is -0.343. The number of rotatable bonds is 3. The average Bonchev–Trinajstić information content (AvgIpc) is 3.00. The first-order valence-electron chi connectivity index (χ1n) is 6.58. The predicted molar refractivity (Wildman–Crippen MR) is 75.7 cm³/mol. The number of hydrogen-bond acceptors (Lipinski definition) is 4. The summed E-state index contributed by atoms with van der Waals surface area (Å²) in [7, 11) is 0. The maximum absolute atomic E-state index is 13.9. The fourth-order valence-corrected chi connectivity index (χ4v) is 2.80. The van der Waals surface area contributed by atoms with Gasteiger partial charge in [0.05, 0.1) is 0 Å². The van der Waals surface area contributed by atoms with E-state index in [1.54, 1.807) is 24.0 Å². The molecule has 0 bridgehead atoms. The SMILES string of the molecule is Cc1noc(C2CCC(=O)N2Cc2ccc(Br)cc2F)n1. The van der Waals surface area contributed by atoms with Crippen LogP contribution in [0.2, 0.25) is 0 Å². The summed E-state index contributed by atoms with van der Waals surface area (Å²) in [5.41, 5.74) is 0.467. The van der Waals surface area contributed by atoms with Crippen molar-refractivity contribution in [2.75, 3.05) is 0 Å². The second kappa shape index (κ2) is 5.55. The maximum Gasteiger partial charge on any atom is 0.249 e. The maximum atomic E-state index is 13.9. The number of aromatic nitrogens is 2. The van der Waals surface area contributed by atoms with Gasteiger partial charge >= 0.3 is 0 Å². The topological polar surface area (TPSA) is 59.2 Å². The number of benzene rings is 1. The van der Waals surface area contributed by atoms with Crippen LogP contribution in [0.15, 0.2) is 27.2 Å². The zero-order chi connectivity index (χ0) is 15.0. The highest BCUT2D eigenvalue weighted by molar-refractivity contribution is 9.10. The first-order valence-corrected chi connectivity index (χ1v) is 7.37. The van der Waals surface area contributed by atoms with Crippen LogP contribution in [0.4, 0.5) is 4.39 Å². The summed E-state index contributed by atoms with van der Waals surface area (Å²) in [5, 5.41) is 3.75. The summed E-state index contributed by atoms with van der Waals surface area (Å²) in [6.07, 6.45) is 1.02. The van der Waals surface area contributed by atoms with Crippen LogP contribution >= 0.6 is 15.9 Å². The molecule has 1 saturated heterocycles. The van der Waals surface area contributed by atoms with Crippen molar-refractivity contribution in [2.45, 2.75) is 32.4 Å². The zero-order valence-electron chi connectivity index (χ0n) is 11.3. The largest absolute Gasteiger partial charge is 0.337 e. The molecular formula is C14H13BrFN3O2. The van der Waals surface area contributed by atoms with Crippen LogP contribution in [0.25, 0.3) is 0 Å². The lowest BCUT2D eigenvalue weighted by Crippen LogP contribution is -2.27. The van der Waals surface area contributed by atoms with Gasteiger partial charge in [0, 0.05) is 23.0 Å². The van der Waals surface area contributed by atoms with Gasteiger partial charge in [0.25, 0.3) is 0 Å². The Morgan fingerprint density at radius 2 is 2.33 bits per heavy atom. The quantitative estimate of drug-likeness (QED) is 0.850. The molecule has 0 radical (unpaired) electrons. The van der Waals surface area contributed by atoms with E-state index in [-0.39, 0.29) is 24.3 Å². The predicted octanol–water partition coefficient (Wildman–Crippen LogP) is 3.14. The molecule has 110 valence electrons. The summed E-state index contributed by atoms with van der Waals surface area (Å²) in [6.45, 7) is 1.92. The number of halogens is 2. The van der Waals surface area contributed by atoms with Gasteiger partial charge in [-0.3, -0.25) is 4.79 Å². The Kier molecular flexibility index (Phi) is 3.75. The van der Waals surface area contributed by atoms with E-state index < -0.39 is 0 Å². The normalized spacial score (nSPS) is 18.5. The van der Waals surface area contributed by atoms with Crippen LogP contribution in [-0.2, 0) is 11.3 Å². The van der Waals surface area contributed by atoms with Crippen molar-refractivity contribution in [3.05, 3.63) is 45.8 Å². The molecule has 1 aromatic carbocycles. The zero-order valence-corrected chi connectivity index (χ0v) is 12.9. The van der Waals surface area contributed by atoms with Gasteiger partial charge in [-0.05, 0) is 25.5 Å². The van der Waals surface area contributed by atoms with E-state index in [0.717, 1.165) is 0 Å². The van der Waals surface area contributed by atoms with Crippen LogP contribution < -0.4 is 0 Å². The molecule has 1 amide bonds. The molecule has 1 aliphatic rings. The van der Waals surface area contributed by atoms with Crippen molar-refractivity contribution in [1.82, 2.24) is 15.0 Å². The Bertz CT molecular complexity index is 689. The van der Waals surface area contributed by atoms with Crippen molar-refractivity contribution in [3.63, 3.8) is 0 Å². The van der Waals surface area contributed by atoms with Crippen LogP contribution in [0.5, 0.6) is 0 Å². The molecule has 2 heterocycles. The first-order chi connectivity index (χ1) is 10.0. The van der Waals surface area contributed by atoms with Crippen molar-refractivity contribution in [2.24, 2.45) is 0 Å². The van der Waals surface area contributed by atoms with Gasteiger partial charge < -0.3 is 9.42 Å². The third kappa shape index (κ3) is 2.83. The second-order valence-corrected chi connectivity index (χ2v) is 5.91. The average molecular weight is 354 g/mol. The number of likely N-dealkylation sites (tertiary alicyclic amines) is 1. The third-order valence-electron chi connectivity index (χ3n) is 3.51. The number of amides is 1. The van der Waals surface area contributed by atoms with Crippen LogP contribution in [0, 0.1) is 12.7 Å². The molecule has 1 unspecified atom stereocenters. The van der Waals surface area contributed by atoms with Gasteiger partial charge in [0.2, 0.25) is 11.8 Å². The van der Waals surface area contributed by atoms with Gasteiger partial charge in [-0.25, -0.2) is 4.39 Å². The van der Waals surface area contributed by atoms with E-state index in [1.807, 2.05) is 0 Å². The minimum absolute atomic E-state index is 0.0295. The van der Waals surface area contributed by atoms with Crippen molar-refractivity contribution in [3.8, 4) is 0 Å². The number of carbonyl (C=O) groups is 1. The van der Waals surface area contributed by atoms with E-state index in [1.165, 1.54) is 6.07 Å². The van der Waals surface area contributed by atoms with E-state index in [9.17, 15) is 9.18 Å². The summed E-state index contributed by atoms with van der Waals surface area (Å²) in [5.74, 6) is 0.567. The second-order valence-electron chi connectivity index (χ2n) is 4.99. The molecule has 1 atom stereocenters. The van der Waals surface area contributed by atoms with Crippen molar-refractivity contribution in [1.29, 1.82) is 0 Å². The molecule has 1 aliphatic heterocycles. The van der Waals surface area contributed by atoms with Crippen LogP contribution in [-0.4, -0.2) is 20.9 Å². The van der Waals surface area contributed by atoms with E-state index in [0.29, 0.717) is 34.6 Å². The summed E-state index contributed by atoms with van der Waals surface area (Å²) >= 11 is 3.22. The van der Waals surface area contributed by atoms with E-state index >= 15 is 0 Å². The summed E-state index contributed by atoms with van der Waals surface area (Å²) in [4.78, 5) is 17.8. The van der Waals surface area contributed by atoms with Gasteiger partial charge in [-0.15, -0.1) is 0 Å². The lowest BCUT2D eigenvalue weighted by atomic mass is 10.1.